The molecule has 0 radical (unpaired) electrons. The third-order valence-corrected chi connectivity index (χ3v) is 1.43. The SMILES string of the molecule is CC(=O)O.FC1(F)CC(S)C1. The van der Waals surface area contributed by atoms with E-state index in [0.717, 1.165) is 6.92 Å². The van der Waals surface area contributed by atoms with Gasteiger partial charge in [-0.2, -0.15) is 12.6 Å². The van der Waals surface area contributed by atoms with E-state index in [-0.39, 0.29) is 18.1 Å². The summed E-state index contributed by atoms with van der Waals surface area (Å²) in [6, 6.07) is 0. The minimum absolute atomic E-state index is 0.0316. The molecule has 0 aromatic carbocycles. The number of carboxylic acid groups (broad SMARTS) is 1. The minimum atomic E-state index is -2.38. The Balaban J connectivity index is 0.000000218. The van der Waals surface area contributed by atoms with Crippen LogP contribution in [0.15, 0.2) is 0 Å². The van der Waals surface area contributed by atoms with Crippen LogP contribution in [0.4, 0.5) is 8.78 Å². The smallest absolute Gasteiger partial charge is 0.300 e. The zero-order valence-electron chi connectivity index (χ0n) is 6.05. The van der Waals surface area contributed by atoms with Crippen LogP contribution in [-0.4, -0.2) is 22.2 Å². The van der Waals surface area contributed by atoms with E-state index >= 15 is 0 Å². The molecule has 1 fully saturated rings. The van der Waals surface area contributed by atoms with Gasteiger partial charge in [0.1, 0.15) is 0 Å². The maximum absolute atomic E-state index is 11.7. The molecule has 0 amide bonds. The van der Waals surface area contributed by atoms with Gasteiger partial charge in [-0.3, -0.25) is 4.79 Å². The molecule has 0 unspecified atom stereocenters. The molecule has 0 atom stereocenters. The number of aliphatic carboxylic acids is 1. The van der Waals surface area contributed by atoms with Crippen LogP contribution in [0.3, 0.4) is 0 Å². The van der Waals surface area contributed by atoms with Gasteiger partial charge in [-0.05, 0) is 0 Å². The first-order valence-corrected chi connectivity index (χ1v) is 3.60. The van der Waals surface area contributed by atoms with Crippen LogP contribution in [0.2, 0.25) is 0 Å². The van der Waals surface area contributed by atoms with Gasteiger partial charge in [-0.1, -0.05) is 0 Å². The summed E-state index contributed by atoms with van der Waals surface area (Å²) >= 11 is 3.82. The van der Waals surface area contributed by atoms with E-state index in [1.807, 2.05) is 0 Å². The third kappa shape index (κ3) is 6.09. The second-order valence-electron chi connectivity index (χ2n) is 2.44. The van der Waals surface area contributed by atoms with Crippen LogP contribution in [-0.2, 0) is 4.79 Å². The molecule has 0 bridgehead atoms. The summed E-state index contributed by atoms with van der Waals surface area (Å²) in [5, 5.41) is 7.37. The lowest BCUT2D eigenvalue weighted by molar-refractivity contribution is -0.134. The highest BCUT2D eigenvalue weighted by molar-refractivity contribution is 7.81. The van der Waals surface area contributed by atoms with Crippen molar-refractivity contribution in [1.82, 2.24) is 0 Å². The summed E-state index contributed by atoms with van der Waals surface area (Å²) in [5.41, 5.74) is 0. The van der Waals surface area contributed by atoms with Crippen LogP contribution in [0.5, 0.6) is 0 Å². The van der Waals surface area contributed by atoms with Crippen molar-refractivity contribution in [3.8, 4) is 0 Å². The Morgan fingerprint density at radius 1 is 1.64 bits per heavy atom. The van der Waals surface area contributed by atoms with Gasteiger partial charge < -0.3 is 5.11 Å². The number of carbonyl (C=O) groups is 1. The van der Waals surface area contributed by atoms with Crippen LogP contribution in [0.1, 0.15) is 19.8 Å². The number of halogens is 2. The van der Waals surface area contributed by atoms with Crippen LogP contribution >= 0.6 is 12.6 Å². The van der Waals surface area contributed by atoms with Gasteiger partial charge in [0.15, 0.2) is 0 Å². The lowest BCUT2D eigenvalue weighted by Crippen LogP contribution is -2.35. The summed E-state index contributed by atoms with van der Waals surface area (Å²) in [7, 11) is 0. The lowest BCUT2D eigenvalue weighted by atomic mass is 9.94. The maximum Gasteiger partial charge on any atom is 0.300 e. The first-order chi connectivity index (χ1) is 4.83. The number of alkyl halides is 2. The van der Waals surface area contributed by atoms with E-state index in [9.17, 15) is 8.78 Å². The highest BCUT2D eigenvalue weighted by atomic mass is 32.1. The highest BCUT2D eigenvalue weighted by Crippen LogP contribution is 2.40. The maximum atomic E-state index is 11.7. The van der Waals surface area contributed by atoms with E-state index in [0.29, 0.717) is 0 Å². The topological polar surface area (TPSA) is 37.3 Å². The van der Waals surface area contributed by atoms with Crippen molar-refractivity contribution < 1.29 is 18.7 Å². The molecule has 1 N–H and O–H groups in total. The largest absolute Gasteiger partial charge is 0.481 e. The van der Waals surface area contributed by atoms with E-state index < -0.39 is 11.9 Å². The molecular weight excluding hydrogens is 174 g/mol. The molecule has 5 heteroatoms. The van der Waals surface area contributed by atoms with Gasteiger partial charge in [0.25, 0.3) is 5.97 Å². The fraction of sp³-hybridized carbons (Fsp3) is 0.833. The second-order valence-corrected chi connectivity index (χ2v) is 3.17. The lowest BCUT2D eigenvalue weighted by Gasteiger charge is -2.30. The summed E-state index contributed by atoms with van der Waals surface area (Å²) in [6.07, 6.45) is -0.0633. The van der Waals surface area contributed by atoms with Crippen molar-refractivity contribution in [2.45, 2.75) is 30.9 Å². The standard InChI is InChI=1S/C4H6F2S.C2H4O2/c5-4(6)1-3(7)2-4;1-2(3)4/h3,7H,1-2H2;1H3,(H,3,4). The van der Waals surface area contributed by atoms with Crippen molar-refractivity contribution in [2.75, 3.05) is 0 Å². The Labute approximate surface area is 69.0 Å². The first kappa shape index (κ1) is 10.7. The number of rotatable bonds is 0. The number of carboxylic acids is 1. The van der Waals surface area contributed by atoms with Gasteiger partial charge in [-0.15, -0.1) is 0 Å². The predicted octanol–water partition coefficient (Wildman–Crippen LogP) is 1.80. The van der Waals surface area contributed by atoms with Crippen LogP contribution in [0, 0.1) is 0 Å². The Hall–Kier alpha value is -0.320. The van der Waals surface area contributed by atoms with Crippen molar-refractivity contribution in [1.29, 1.82) is 0 Å². The molecule has 1 aliphatic carbocycles. The van der Waals surface area contributed by atoms with Crippen LogP contribution in [0.25, 0.3) is 0 Å². The van der Waals surface area contributed by atoms with E-state index in [1.54, 1.807) is 0 Å². The Kier molecular flexibility index (Phi) is 3.78. The van der Waals surface area contributed by atoms with Gasteiger partial charge >= 0.3 is 0 Å². The van der Waals surface area contributed by atoms with Gasteiger partial charge in [0, 0.05) is 25.0 Å². The molecule has 0 saturated heterocycles. The van der Waals surface area contributed by atoms with Gasteiger partial charge in [0.05, 0.1) is 0 Å². The fourth-order valence-electron chi connectivity index (χ4n) is 0.630. The van der Waals surface area contributed by atoms with E-state index in [2.05, 4.69) is 12.6 Å². The number of hydrogen-bond acceptors (Lipinski definition) is 2. The average Bonchev–Trinajstić information content (AvgIpc) is 1.56. The van der Waals surface area contributed by atoms with Gasteiger partial charge in [-0.25, -0.2) is 8.78 Å². The Morgan fingerprint density at radius 2 is 1.91 bits per heavy atom. The van der Waals surface area contributed by atoms with Crippen molar-refractivity contribution in [3.63, 3.8) is 0 Å². The molecule has 2 nitrogen and oxygen atoms in total. The summed E-state index contributed by atoms with van der Waals surface area (Å²) in [5.74, 6) is -3.22. The zero-order chi connectivity index (χ0) is 9.07. The molecule has 66 valence electrons. The first-order valence-electron chi connectivity index (χ1n) is 3.09. The normalized spacial score (nSPS) is 21.1. The minimum Gasteiger partial charge on any atom is -0.481 e. The molecule has 1 rings (SSSR count). The number of thiol groups is 1. The molecule has 11 heavy (non-hydrogen) atoms. The zero-order valence-corrected chi connectivity index (χ0v) is 6.94. The quantitative estimate of drug-likeness (QED) is 0.563. The summed E-state index contributed by atoms with van der Waals surface area (Å²) in [6.45, 7) is 1.08. The van der Waals surface area contributed by atoms with Crippen molar-refractivity contribution >= 4 is 18.6 Å². The summed E-state index contributed by atoms with van der Waals surface area (Å²) in [4.78, 5) is 9.00. The molecule has 1 aliphatic rings. The highest BCUT2D eigenvalue weighted by Gasteiger charge is 2.43. The fourth-order valence-corrected chi connectivity index (χ4v) is 1.16. The number of hydrogen-bond donors (Lipinski definition) is 2. The molecule has 0 aromatic heterocycles. The van der Waals surface area contributed by atoms with E-state index in [1.165, 1.54) is 0 Å². The van der Waals surface area contributed by atoms with Gasteiger partial charge in [0.2, 0.25) is 5.92 Å². The van der Waals surface area contributed by atoms with Crippen LogP contribution < -0.4 is 0 Å². The predicted molar refractivity (Wildman–Crippen MR) is 40.3 cm³/mol. The molecule has 0 spiro atoms. The van der Waals surface area contributed by atoms with Crippen molar-refractivity contribution in [2.24, 2.45) is 0 Å². The van der Waals surface area contributed by atoms with E-state index in [4.69, 9.17) is 9.90 Å². The molecular formula is C6H10F2O2S. The Morgan fingerprint density at radius 3 is 1.91 bits per heavy atom. The summed E-state index contributed by atoms with van der Waals surface area (Å²) < 4.78 is 23.5. The second kappa shape index (κ2) is 3.90. The monoisotopic (exact) mass is 184 g/mol. The Bertz CT molecular complexity index is 138. The molecule has 0 aromatic rings. The molecule has 0 aliphatic heterocycles. The molecule has 1 saturated carbocycles. The average molecular weight is 184 g/mol. The third-order valence-electron chi connectivity index (χ3n) is 1.07. The van der Waals surface area contributed by atoms with Crippen molar-refractivity contribution in [3.05, 3.63) is 0 Å². The molecule has 0 heterocycles.